The average Bonchev–Trinajstić information content (AvgIpc) is 2.95. The fourth-order valence-corrected chi connectivity index (χ4v) is 4.45. The van der Waals surface area contributed by atoms with Crippen LogP contribution >= 0.6 is 0 Å². The number of carbonyl (C=O) groups is 1. The van der Waals surface area contributed by atoms with Crippen molar-refractivity contribution in [2.75, 3.05) is 0 Å². The van der Waals surface area contributed by atoms with Crippen molar-refractivity contribution in [3.8, 4) is 11.5 Å². The molecule has 0 radical (unpaired) electrons. The van der Waals surface area contributed by atoms with Gasteiger partial charge in [0.2, 0.25) is 0 Å². The van der Waals surface area contributed by atoms with Crippen molar-refractivity contribution < 1.29 is 14.3 Å². The minimum absolute atomic E-state index is 0.219. The molecule has 3 nitrogen and oxygen atoms in total. The van der Waals surface area contributed by atoms with Crippen molar-refractivity contribution in [1.82, 2.24) is 0 Å². The zero-order valence-electron chi connectivity index (χ0n) is 19.3. The lowest BCUT2D eigenvalue weighted by molar-refractivity contribution is -0.0979. The van der Waals surface area contributed by atoms with Crippen molar-refractivity contribution in [1.29, 1.82) is 0 Å². The molecule has 0 fully saturated rings. The van der Waals surface area contributed by atoms with Crippen molar-refractivity contribution in [3.63, 3.8) is 0 Å². The van der Waals surface area contributed by atoms with Crippen molar-refractivity contribution in [3.05, 3.63) is 131 Å². The van der Waals surface area contributed by atoms with E-state index in [2.05, 4.69) is 84.9 Å². The first kappa shape index (κ1) is 23.3. The molecule has 0 N–H and O–H groups in total. The molecule has 2 atom stereocenters. The zero-order chi connectivity index (χ0) is 23.6. The van der Waals surface area contributed by atoms with Crippen LogP contribution in [0.2, 0.25) is 0 Å². The number of para-hydroxylation sites is 2. The van der Waals surface area contributed by atoms with Crippen LogP contribution in [0.3, 0.4) is 0 Å². The maximum Gasteiger partial charge on any atom is 0.124 e. The highest BCUT2D eigenvalue weighted by atomic mass is 16.5. The fraction of sp³-hybridized carbons (Fsp3) is 0.194. The number of hydrogen-bond acceptors (Lipinski definition) is 3. The molecule has 0 bridgehead atoms. The summed E-state index contributed by atoms with van der Waals surface area (Å²) in [6.07, 6.45) is 4.79. The second-order valence-electron chi connectivity index (χ2n) is 8.33. The standard InChI is InChI=1S/2C15H14O.CH2O/c2*1-2-6-12(7-3-1)15-11-10-13-8-4-5-9-14(13)16-15;1-2/h2*1-9,15H,10-11H2;1H2. The first-order valence-electron chi connectivity index (χ1n) is 11.7. The van der Waals surface area contributed by atoms with Gasteiger partial charge in [-0.1, -0.05) is 97.1 Å². The van der Waals surface area contributed by atoms with Crippen LogP contribution in [0.25, 0.3) is 0 Å². The quantitative estimate of drug-likeness (QED) is 0.321. The molecule has 4 aromatic carbocycles. The maximum absolute atomic E-state index is 8.00. The molecule has 4 aromatic rings. The molecule has 0 saturated heterocycles. The molecule has 2 aliphatic rings. The predicted octanol–water partition coefficient (Wildman–Crippen LogP) is 7.32. The van der Waals surface area contributed by atoms with Gasteiger partial charge in [0.15, 0.2) is 0 Å². The lowest BCUT2D eigenvalue weighted by Crippen LogP contribution is -2.14. The van der Waals surface area contributed by atoms with Crippen LogP contribution in [-0.4, -0.2) is 6.79 Å². The van der Waals surface area contributed by atoms with Crippen molar-refractivity contribution in [2.45, 2.75) is 37.9 Å². The Bertz CT molecular complexity index is 1060. The zero-order valence-corrected chi connectivity index (χ0v) is 19.3. The first-order chi connectivity index (χ1) is 16.9. The monoisotopic (exact) mass is 450 g/mol. The molecule has 0 aliphatic carbocycles. The van der Waals surface area contributed by atoms with Gasteiger partial charge in [-0.3, -0.25) is 0 Å². The third-order valence-corrected chi connectivity index (χ3v) is 6.18. The predicted molar refractivity (Wildman–Crippen MR) is 136 cm³/mol. The SMILES string of the molecule is C=O.c1ccc(C2CCc3ccccc3O2)cc1.c1ccc(C2CCc3ccccc3O2)cc1. The van der Waals surface area contributed by atoms with E-state index in [9.17, 15) is 0 Å². The molecule has 172 valence electrons. The summed E-state index contributed by atoms with van der Waals surface area (Å²) in [4.78, 5) is 8.00. The highest BCUT2D eigenvalue weighted by molar-refractivity contribution is 5.37. The normalized spacial score (nSPS) is 17.6. The van der Waals surface area contributed by atoms with Gasteiger partial charge in [0.1, 0.15) is 30.5 Å². The van der Waals surface area contributed by atoms with E-state index in [1.807, 2.05) is 31.1 Å². The molecule has 34 heavy (non-hydrogen) atoms. The summed E-state index contributed by atoms with van der Waals surface area (Å²) in [6.45, 7) is 2.00. The van der Waals surface area contributed by atoms with Gasteiger partial charge >= 0.3 is 0 Å². The van der Waals surface area contributed by atoms with Gasteiger partial charge in [-0.15, -0.1) is 0 Å². The molecule has 2 aliphatic heterocycles. The van der Waals surface area contributed by atoms with Crippen LogP contribution in [0.1, 0.15) is 47.3 Å². The Labute approximate surface area is 202 Å². The van der Waals surface area contributed by atoms with Gasteiger partial charge in [0, 0.05) is 0 Å². The molecule has 6 rings (SSSR count). The molecular formula is C31H30O3. The van der Waals surface area contributed by atoms with Crippen molar-refractivity contribution in [2.24, 2.45) is 0 Å². The Morgan fingerprint density at radius 3 is 1.26 bits per heavy atom. The van der Waals surface area contributed by atoms with Crippen LogP contribution in [0.4, 0.5) is 0 Å². The lowest BCUT2D eigenvalue weighted by Gasteiger charge is -2.26. The smallest absolute Gasteiger partial charge is 0.124 e. The van der Waals surface area contributed by atoms with E-state index < -0.39 is 0 Å². The molecule has 0 saturated carbocycles. The van der Waals surface area contributed by atoms with E-state index in [0.29, 0.717) is 0 Å². The number of aryl methyl sites for hydroxylation is 2. The Morgan fingerprint density at radius 1 is 0.500 bits per heavy atom. The topological polar surface area (TPSA) is 35.5 Å². The maximum atomic E-state index is 8.00. The molecule has 0 amide bonds. The molecule has 3 heteroatoms. The Hall–Kier alpha value is -3.85. The summed E-state index contributed by atoms with van der Waals surface area (Å²) in [5.74, 6) is 2.09. The third kappa shape index (κ3) is 5.74. The molecule has 2 heterocycles. The fourth-order valence-electron chi connectivity index (χ4n) is 4.45. The van der Waals surface area contributed by atoms with Gasteiger partial charge in [0.25, 0.3) is 0 Å². The Morgan fingerprint density at radius 2 is 0.853 bits per heavy atom. The van der Waals surface area contributed by atoms with E-state index in [4.69, 9.17) is 14.3 Å². The highest BCUT2D eigenvalue weighted by Crippen LogP contribution is 2.35. The second kappa shape index (κ2) is 11.9. The average molecular weight is 451 g/mol. The molecule has 0 aromatic heterocycles. The highest BCUT2D eigenvalue weighted by Gasteiger charge is 2.21. The Kier molecular flexibility index (Phi) is 8.13. The summed E-state index contributed by atoms with van der Waals surface area (Å²) in [5.41, 5.74) is 5.21. The van der Waals surface area contributed by atoms with Gasteiger partial charge in [-0.05, 0) is 60.1 Å². The minimum Gasteiger partial charge on any atom is -0.485 e. The minimum atomic E-state index is 0.219. The summed E-state index contributed by atoms with van der Waals surface area (Å²) in [6, 6.07) is 37.5. The van der Waals surface area contributed by atoms with Gasteiger partial charge in [0.05, 0.1) is 0 Å². The number of fused-ring (bicyclic) bond motifs is 2. The largest absolute Gasteiger partial charge is 0.485 e. The number of hydrogen-bond donors (Lipinski definition) is 0. The van der Waals surface area contributed by atoms with E-state index in [1.54, 1.807) is 0 Å². The number of carbonyl (C=O) groups excluding carboxylic acids is 1. The van der Waals surface area contributed by atoms with Gasteiger partial charge in [-0.25, -0.2) is 0 Å². The van der Waals surface area contributed by atoms with Crippen LogP contribution in [0.5, 0.6) is 11.5 Å². The number of benzene rings is 4. The van der Waals surface area contributed by atoms with Crippen LogP contribution < -0.4 is 9.47 Å². The third-order valence-electron chi connectivity index (χ3n) is 6.18. The lowest BCUT2D eigenvalue weighted by atomic mass is 9.98. The molecule has 2 unspecified atom stereocenters. The summed E-state index contributed by atoms with van der Waals surface area (Å²) in [7, 11) is 0. The van der Waals surface area contributed by atoms with E-state index in [1.165, 1.54) is 22.3 Å². The summed E-state index contributed by atoms with van der Waals surface area (Å²) >= 11 is 0. The van der Waals surface area contributed by atoms with E-state index in [0.717, 1.165) is 37.2 Å². The molecular weight excluding hydrogens is 420 g/mol. The van der Waals surface area contributed by atoms with Gasteiger partial charge < -0.3 is 14.3 Å². The molecule has 0 spiro atoms. The van der Waals surface area contributed by atoms with Crippen LogP contribution in [-0.2, 0) is 17.6 Å². The van der Waals surface area contributed by atoms with Crippen LogP contribution in [0.15, 0.2) is 109 Å². The van der Waals surface area contributed by atoms with E-state index in [-0.39, 0.29) is 12.2 Å². The van der Waals surface area contributed by atoms with Gasteiger partial charge in [-0.2, -0.15) is 0 Å². The summed E-state index contributed by atoms with van der Waals surface area (Å²) in [5, 5.41) is 0. The Balaban J connectivity index is 0.000000150. The number of rotatable bonds is 2. The summed E-state index contributed by atoms with van der Waals surface area (Å²) < 4.78 is 12.0. The first-order valence-corrected chi connectivity index (χ1v) is 11.7. The van der Waals surface area contributed by atoms with Crippen LogP contribution in [0, 0.1) is 0 Å². The second-order valence-corrected chi connectivity index (χ2v) is 8.33. The van der Waals surface area contributed by atoms with E-state index >= 15 is 0 Å². The van der Waals surface area contributed by atoms with Crippen molar-refractivity contribution >= 4 is 6.79 Å². The number of ether oxygens (including phenoxy) is 2.